The summed E-state index contributed by atoms with van der Waals surface area (Å²) in [5.74, 6) is -0.0421. The monoisotopic (exact) mass is 596 g/mol. The molecule has 0 aliphatic carbocycles. The molecule has 8 nitrogen and oxygen atoms in total. The van der Waals surface area contributed by atoms with Gasteiger partial charge in [0.2, 0.25) is 12.5 Å². The molecule has 5 heterocycles. The van der Waals surface area contributed by atoms with E-state index in [1.807, 2.05) is 46.7 Å². The number of thiophene rings is 1. The fourth-order valence-corrected chi connectivity index (χ4v) is 8.15. The molecule has 7 rings (SSSR count). The Morgan fingerprint density at radius 1 is 1.14 bits per heavy atom. The number of aromatic nitrogens is 2. The number of halogens is 1. The Balaban J connectivity index is 1.31. The number of hydrogen-bond donors (Lipinski definition) is 0. The largest absolute Gasteiger partial charge is 0.461 e. The van der Waals surface area contributed by atoms with Crippen molar-refractivity contribution < 1.29 is 13.9 Å². The van der Waals surface area contributed by atoms with Crippen LogP contribution in [-0.2, 0) is 4.79 Å². The third-order valence-corrected chi connectivity index (χ3v) is 10.3. The average molecular weight is 597 g/mol. The average Bonchev–Trinajstić information content (AvgIpc) is 3.76. The smallest absolute Gasteiger partial charge is 0.319 e. The van der Waals surface area contributed by atoms with Crippen LogP contribution < -0.4 is 9.64 Å². The highest BCUT2D eigenvalue weighted by molar-refractivity contribution is 7.17. The highest BCUT2D eigenvalue weighted by Crippen LogP contribution is 2.41. The molecule has 3 fully saturated rings. The predicted octanol–water partition coefficient (Wildman–Crippen LogP) is 5.78. The summed E-state index contributed by atoms with van der Waals surface area (Å²) in [5, 5.41) is 3.67. The molecular weight excluding hydrogens is 563 g/mol. The highest BCUT2D eigenvalue weighted by Gasteiger charge is 2.45. The van der Waals surface area contributed by atoms with Crippen molar-refractivity contribution >= 4 is 44.1 Å². The van der Waals surface area contributed by atoms with E-state index in [2.05, 4.69) is 16.3 Å². The second-order valence-corrected chi connectivity index (χ2v) is 12.6. The third-order valence-electron chi connectivity index (χ3n) is 9.36. The maximum absolute atomic E-state index is 16.6. The molecule has 0 spiro atoms. The van der Waals surface area contributed by atoms with E-state index in [1.54, 1.807) is 16.2 Å². The van der Waals surface area contributed by atoms with Crippen LogP contribution in [-0.4, -0.2) is 83.1 Å². The summed E-state index contributed by atoms with van der Waals surface area (Å²) in [6.45, 7) is 15.2. The van der Waals surface area contributed by atoms with Crippen LogP contribution in [0.5, 0.6) is 6.01 Å². The number of hydrogen-bond acceptors (Lipinski definition) is 7. The highest BCUT2D eigenvalue weighted by atomic mass is 32.1. The van der Waals surface area contributed by atoms with Crippen molar-refractivity contribution in [1.82, 2.24) is 19.8 Å². The Morgan fingerprint density at radius 2 is 1.98 bits per heavy atom. The summed E-state index contributed by atoms with van der Waals surface area (Å²) in [6.07, 6.45) is 5.74. The van der Waals surface area contributed by atoms with Gasteiger partial charge in [0.15, 0.2) is 5.82 Å². The standard InChI is InChI=1S/C33H33FN6O2S/c1-3-27(41)40-17-16-38(20-23(40)19-35-2)31-26-10-9-24(25-8-4-7-22-11-18-43-30(22)25)28(34)29(26)36-32(37-31)42-21-33-12-5-14-39(33)15-6-13-33/h3-4,7-11,18,23H,1,5-6,12-17,19-21H2/t23-/m0/s1. The van der Waals surface area contributed by atoms with Crippen LogP contribution in [0.25, 0.3) is 37.0 Å². The number of carbonyl (C=O) groups is 1. The summed E-state index contributed by atoms with van der Waals surface area (Å²) in [4.78, 5) is 31.9. The van der Waals surface area contributed by atoms with Gasteiger partial charge in [0.1, 0.15) is 24.0 Å². The van der Waals surface area contributed by atoms with Gasteiger partial charge in [-0.3, -0.25) is 9.69 Å². The van der Waals surface area contributed by atoms with Crippen molar-refractivity contribution in [3.05, 3.63) is 71.7 Å². The van der Waals surface area contributed by atoms with Gasteiger partial charge in [-0.15, -0.1) is 11.3 Å². The SMILES string of the molecule is [C-]#[N+]C[C@H]1CN(c2nc(OCC34CCCN3CCC4)nc3c(F)c(-c4cccc5ccsc45)ccc23)CCN1C(=O)C=C. The van der Waals surface area contributed by atoms with Crippen LogP contribution in [0.3, 0.4) is 0 Å². The number of fused-ring (bicyclic) bond motifs is 3. The Bertz CT molecular complexity index is 1760. The first-order chi connectivity index (χ1) is 21.0. The molecule has 220 valence electrons. The van der Waals surface area contributed by atoms with Crippen molar-refractivity contribution in [2.45, 2.75) is 37.3 Å². The minimum atomic E-state index is -0.411. The lowest BCUT2D eigenvalue weighted by Gasteiger charge is -2.39. The second kappa shape index (κ2) is 11.2. The molecule has 3 aliphatic heterocycles. The van der Waals surface area contributed by atoms with E-state index in [0.29, 0.717) is 43.0 Å². The lowest BCUT2D eigenvalue weighted by molar-refractivity contribution is -0.128. The van der Waals surface area contributed by atoms with Crippen molar-refractivity contribution in [3.63, 3.8) is 0 Å². The van der Waals surface area contributed by atoms with Crippen molar-refractivity contribution in [3.8, 4) is 17.1 Å². The molecule has 1 atom stereocenters. The van der Waals surface area contributed by atoms with Crippen LogP contribution in [0.4, 0.5) is 10.2 Å². The van der Waals surface area contributed by atoms with E-state index >= 15 is 4.39 Å². The number of nitrogens with zero attached hydrogens (tertiary/aromatic N) is 6. The Labute approximate surface area is 254 Å². The van der Waals surface area contributed by atoms with Gasteiger partial charge in [-0.2, -0.15) is 9.97 Å². The summed E-state index contributed by atoms with van der Waals surface area (Å²) in [6, 6.07) is 11.5. The van der Waals surface area contributed by atoms with E-state index in [9.17, 15) is 4.79 Å². The van der Waals surface area contributed by atoms with Crippen molar-refractivity contribution in [1.29, 1.82) is 0 Å². The number of benzene rings is 2. The molecule has 4 aromatic rings. The molecule has 2 aromatic heterocycles. The topological polar surface area (TPSA) is 66.2 Å². The predicted molar refractivity (Wildman–Crippen MR) is 168 cm³/mol. The molecule has 10 heteroatoms. The van der Waals surface area contributed by atoms with Crippen LogP contribution in [0, 0.1) is 12.4 Å². The molecule has 0 bridgehead atoms. The Hall–Kier alpha value is -4.07. The molecule has 3 saturated heterocycles. The summed E-state index contributed by atoms with van der Waals surface area (Å²) >= 11 is 1.59. The number of anilines is 1. The molecule has 3 aliphatic rings. The molecule has 43 heavy (non-hydrogen) atoms. The Kier molecular flexibility index (Phi) is 7.23. The zero-order chi connectivity index (χ0) is 29.6. The summed E-state index contributed by atoms with van der Waals surface area (Å²) < 4.78 is 24.0. The fourth-order valence-electron chi connectivity index (χ4n) is 7.22. The van der Waals surface area contributed by atoms with Crippen LogP contribution in [0.1, 0.15) is 25.7 Å². The van der Waals surface area contributed by atoms with Gasteiger partial charge in [0, 0.05) is 40.8 Å². The number of amides is 1. The van der Waals surface area contributed by atoms with Gasteiger partial charge in [0.05, 0.1) is 5.54 Å². The lowest BCUT2D eigenvalue weighted by Crippen LogP contribution is -2.56. The van der Waals surface area contributed by atoms with Gasteiger partial charge >= 0.3 is 6.01 Å². The zero-order valence-corrected chi connectivity index (χ0v) is 24.8. The minimum Gasteiger partial charge on any atom is -0.461 e. The van der Waals surface area contributed by atoms with E-state index in [-0.39, 0.29) is 35.6 Å². The lowest BCUT2D eigenvalue weighted by atomic mass is 9.95. The van der Waals surface area contributed by atoms with Gasteiger partial charge in [-0.25, -0.2) is 11.0 Å². The van der Waals surface area contributed by atoms with Gasteiger partial charge in [-0.1, -0.05) is 30.8 Å². The van der Waals surface area contributed by atoms with Crippen LogP contribution >= 0.6 is 11.3 Å². The first kappa shape index (κ1) is 27.7. The second-order valence-electron chi connectivity index (χ2n) is 11.7. The van der Waals surface area contributed by atoms with Crippen molar-refractivity contribution in [2.24, 2.45) is 0 Å². The van der Waals surface area contributed by atoms with E-state index in [1.165, 1.54) is 6.08 Å². The molecular formula is C33H33FN6O2S. The summed E-state index contributed by atoms with van der Waals surface area (Å²) in [7, 11) is 0. The minimum absolute atomic E-state index is 0.00884. The first-order valence-electron chi connectivity index (χ1n) is 14.9. The molecule has 0 radical (unpaired) electrons. The number of carbonyl (C=O) groups excluding carboxylic acids is 1. The molecule has 1 amide bonds. The summed E-state index contributed by atoms with van der Waals surface area (Å²) in [5.41, 5.74) is 1.52. The maximum Gasteiger partial charge on any atom is 0.319 e. The van der Waals surface area contributed by atoms with Crippen LogP contribution in [0.15, 0.2) is 54.4 Å². The fraction of sp³-hybridized carbons (Fsp3) is 0.394. The molecule has 2 aromatic carbocycles. The zero-order valence-electron chi connectivity index (χ0n) is 24.0. The molecule has 0 N–H and O–H groups in total. The van der Waals surface area contributed by atoms with Gasteiger partial charge in [0.25, 0.3) is 0 Å². The third kappa shape index (κ3) is 4.81. The maximum atomic E-state index is 16.6. The van der Waals surface area contributed by atoms with Crippen LogP contribution in [0.2, 0.25) is 0 Å². The van der Waals surface area contributed by atoms with E-state index in [4.69, 9.17) is 21.3 Å². The van der Waals surface area contributed by atoms with Gasteiger partial charge in [-0.05, 0) is 67.7 Å². The Morgan fingerprint density at radius 3 is 2.77 bits per heavy atom. The van der Waals surface area contributed by atoms with Gasteiger partial charge < -0.3 is 19.4 Å². The molecule has 0 unspecified atom stereocenters. The number of rotatable bonds is 7. The molecule has 0 saturated carbocycles. The normalized spacial score (nSPS) is 20.0. The quantitative estimate of drug-likeness (QED) is 0.199. The van der Waals surface area contributed by atoms with E-state index < -0.39 is 5.82 Å². The van der Waals surface area contributed by atoms with Crippen molar-refractivity contribution in [2.75, 3.05) is 50.8 Å². The number of piperazine rings is 1. The van der Waals surface area contributed by atoms with E-state index in [0.717, 1.165) is 54.4 Å². The number of ether oxygens (including phenoxy) is 1. The first-order valence-corrected chi connectivity index (χ1v) is 15.8.